The van der Waals surface area contributed by atoms with E-state index in [9.17, 15) is 14.4 Å². The van der Waals surface area contributed by atoms with E-state index in [0.717, 1.165) is 103 Å². The molecule has 0 aromatic rings. The van der Waals surface area contributed by atoms with Crippen molar-refractivity contribution in [1.29, 1.82) is 0 Å². The summed E-state index contributed by atoms with van der Waals surface area (Å²) in [5.41, 5.74) is 0. The molecule has 6 nitrogen and oxygen atoms in total. The Kier molecular flexibility index (Phi) is 65.2. The van der Waals surface area contributed by atoms with Crippen molar-refractivity contribution in [2.24, 2.45) is 0 Å². The quantitative estimate of drug-likeness (QED) is 0.0261. The maximum absolute atomic E-state index is 12.9. The van der Waals surface area contributed by atoms with Gasteiger partial charge in [0.2, 0.25) is 0 Å². The number of rotatable bonds is 63. The van der Waals surface area contributed by atoms with Gasteiger partial charge in [-0.1, -0.05) is 318 Å². The average molecular weight is 1120 g/mol. The van der Waals surface area contributed by atoms with Gasteiger partial charge in [0.05, 0.1) is 0 Å². The molecule has 0 aromatic carbocycles. The Morgan fingerprint density at radius 2 is 0.487 bits per heavy atom. The predicted octanol–water partition coefficient (Wildman–Crippen LogP) is 23.8. The van der Waals surface area contributed by atoms with Gasteiger partial charge in [0, 0.05) is 19.3 Å². The van der Waals surface area contributed by atoms with Gasteiger partial charge < -0.3 is 14.2 Å². The molecule has 0 rings (SSSR count). The Hall–Kier alpha value is -3.41. The number of hydrogen-bond acceptors (Lipinski definition) is 6. The summed E-state index contributed by atoms with van der Waals surface area (Å²) in [5.74, 6) is -0.865. The summed E-state index contributed by atoms with van der Waals surface area (Å²) in [6.07, 6.45) is 90.3. The van der Waals surface area contributed by atoms with Crippen LogP contribution in [-0.4, -0.2) is 37.2 Å². The van der Waals surface area contributed by atoms with Crippen molar-refractivity contribution in [3.05, 3.63) is 85.1 Å². The van der Waals surface area contributed by atoms with E-state index in [1.54, 1.807) is 0 Å². The van der Waals surface area contributed by atoms with Crippen LogP contribution in [0, 0.1) is 0 Å². The third kappa shape index (κ3) is 65.4. The molecule has 80 heavy (non-hydrogen) atoms. The molecule has 0 spiro atoms. The molecule has 0 aliphatic rings. The summed E-state index contributed by atoms with van der Waals surface area (Å²) in [6.45, 7) is 6.56. The van der Waals surface area contributed by atoms with Crippen LogP contribution in [0.15, 0.2) is 85.1 Å². The van der Waals surface area contributed by atoms with E-state index in [0.29, 0.717) is 19.3 Å². The molecule has 0 heterocycles. The SMILES string of the molecule is CC/C=C\C/C=C\C/C=C\C/C=C\C/C=C\C/C=C\CCCCCCCCCCCCCCCCC(=O)OCC(COC(=O)CCCCCCCCCCCCCCCC)OC(=O)CCCCCCC/C=C\CCCCCCCC. The normalized spacial score (nSPS) is 12.6. The lowest BCUT2D eigenvalue weighted by atomic mass is 10.0. The van der Waals surface area contributed by atoms with Crippen molar-refractivity contribution in [2.75, 3.05) is 13.2 Å². The van der Waals surface area contributed by atoms with Crippen molar-refractivity contribution in [3.8, 4) is 0 Å². The van der Waals surface area contributed by atoms with Gasteiger partial charge in [0.15, 0.2) is 6.10 Å². The van der Waals surface area contributed by atoms with Crippen LogP contribution in [0.5, 0.6) is 0 Å². The topological polar surface area (TPSA) is 78.9 Å². The molecule has 0 aromatic heterocycles. The molecule has 0 bridgehead atoms. The zero-order chi connectivity index (χ0) is 57.8. The van der Waals surface area contributed by atoms with E-state index in [-0.39, 0.29) is 31.1 Å². The minimum Gasteiger partial charge on any atom is -0.462 e. The van der Waals surface area contributed by atoms with E-state index >= 15 is 0 Å². The van der Waals surface area contributed by atoms with E-state index < -0.39 is 6.10 Å². The highest BCUT2D eigenvalue weighted by Crippen LogP contribution is 2.17. The Balaban J connectivity index is 4.18. The van der Waals surface area contributed by atoms with Gasteiger partial charge in [-0.25, -0.2) is 0 Å². The molecule has 1 unspecified atom stereocenters. The number of carbonyl (C=O) groups excluding carboxylic acids is 3. The van der Waals surface area contributed by atoms with Crippen LogP contribution in [0.3, 0.4) is 0 Å². The number of ether oxygens (including phenoxy) is 3. The zero-order valence-corrected chi connectivity index (χ0v) is 53.1. The molecule has 462 valence electrons. The number of esters is 3. The zero-order valence-electron chi connectivity index (χ0n) is 53.1. The maximum atomic E-state index is 12.9. The van der Waals surface area contributed by atoms with Crippen molar-refractivity contribution in [1.82, 2.24) is 0 Å². The van der Waals surface area contributed by atoms with Gasteiger partial charge >= 0.3 is 17.9 Å². The molecule has 6 heteroatoms. The van der Waals surface area contributed by atoms with Gasteiger partial charge in [-0.05, 0) is 96.3 Å². The third-order valence-corrected chi connectivity index (χ3v) is 15.1. The van der Waals surface area contributed by atoms with Crippen LogP contribution in [0.1, 0.15) is 348 Å². The molecule has 0 aliphatic heterocycles. The van der Waals surface area contributed by atoms with E-state index in [2.05, 4.69) is 106 Å². The van der Waals surface area contributed by atoms with Gasteiger partial charge in [-0.3, -0.25) is 14.4 Å². The van der Waals surface area contributed by atoms with Crippen LogP contribution < -0.4 is 0 Å². The first kappa shape index (κ1) is 76.6. The molecular weight excluding hydrogens is 985 g/mol. The van der Waals surface area contributed by atoms with Gasteiger partial charge in [0.25, 0.3) is 0 Å². The Morgan fingerprint density at radius 3 is 0.775 bits per heavy atom. The Labute approximate surface area is 496 Å². The predicted molar refractivity (Wildman–Crippen MR) is 348 cm³/mol. The molecule has 0 radical (unpaired) electrons. The average Bonchev–Trinajstić information content (AvgIpc) is 3.46. The lowest BCUT2D eigenvalue weighted by Crippen LogP contribution is -2.30. The summed E-state index contributed by atoms with van der Waals surface area (Å²) < 4.78 is 17.0. The number of hydrogen-bond donors (Lipinski definition) is 0. The number of carbonyl (C=O) groups is 3. The van der Waals surface area contributed by atoms with Crippen molar-refractivity contribution >= 4 is 17.9 Å². The fourth-order valence-corrected chi connectivity index (χ4v) is 9.97. The monoisotopic (exact) mass is 1110 g/mol. The highest BCUT2D eigenvalue weighted by molar-refractivity contribution is 5.71. The maximum Gasteiger partial charge on any atom is 0.306 e. The molecule has 0 saturated carbocycles. The van der Waals surface area contributed by atoms with Crippen LogP contribution >= 0.6 is 0 Å². The van der Waals surface area contributed by atoms with Gasteiger partial charge in [-0.15, -0.1) is 0 Å². The Bertz CT molecular complexity index is 1520. The van der Waals surface area contributed by atoms with Crippen molar-refractivity contribution in [3.63, 3.8) is 0 Å². The molecule has 0 fully saturated rings. The van der Waals surface area contributed by atoms with Crippen LogP contribution in [-0.2, 0) is 28.6 Å². The first-order valence-electron chi connectivity index (χ1n) is 34.6. The first-order valence-corrected chi connectivity index (χ1v) is 34.6. The lowest BCUT2D eigenvalue weighted by Gasteiger charge is -2.18. The molecule has 0 amide bonds. The standard InChI is InChI=1S/C74H130O6/c1-4-7-10-13-16-19-22-25-28-29-30-31-32-33-34-35-36-37-38-39-40-41-42-43-44-45-47-49-52-55-58-61-64-67-73(76)79-70-71(69-78-72(75)66-63-60-57-54-51-48-27-24-21-18-15-12-9-6-3)80-74(77)68-65-62-59-56-53-50-46-26-23-20-17-14-11-8-5-2/h7,10,16,19,25-26,28,30-31,33-34,36-37,46,71H,4-6,8-9,11-15,17-18,20-24,27,29,32,35,38-45,47-70H2,1-3H3/b10-7-,19-16-,28-25-,31-30-,34-33-,37-36-,46-26-. The van der Waals surface area contributed by atoms with E-state index in [1.165, 1.54) is 205 Å². The second-order valence-electron chi connectivity index (χ2n) is 23.1. The third-order valence-electron chi connectivity index (χ3n) is 15.1. The second kappa shape index (κ2) is 68.1. The summed E-state index contributed by atoms with van der Waals surface area (Å²) >= 11 is 0. The highest BCUT2D eigenvalue weighted by atomic mass is 16.6. The van der Waals surface area contributed by atoms with Crippen molar-refractivity contribution in [2.45, 2.75) is 354 Å². The van der Waals surface area contributed by atoms with E-state index in [1.807, 2.05) is 0 Å². The van der Waals surface area contributed by atoms with Crippen LogP contribution in [0.4, 0.5) is 0 Å². The fourth-order valence-electron chi connectivity index (χ4n) is 9.97. The number of allylic oxidation sites excluding steroid dienone is 14. The molecule has 0 saturated heterocycles. The highest BCUT2D eigenvalue weighted by Gasteiger charge is 2.19. The fraction of sp³-hybridized carbons (Fsp3) is 0.770. The van der Waals surface area contributed by atoms with E-state index in [4.69, 9.17) is 14.2 Å². The first-order chi connectivity index (χ1) is 39.5. The summed E-state index contributed by atoms with van der Waals surface area (Å²) in [4.78, 5) is 38.3. The van der Waals surface area contributed by atoms with Crippen molar-refractivity contribution < 1.29 is 28.6 Å². The minimum atomic E-state index is -0.778. The van der Waals surface area contributed by atoms with Gasteiger partial charge in [0.1, 0.15) is 13.2 Å². The summed E-state index contributed by atoms with van der Waals surface area (Å²) in [5, 5.41) is 0. The molecule has 1 atom stereocenters. The lowest BCUT2D eigenvalue weighted by molar-refractivity contribution is -0.167. The Morgan fingerprint density at radius 1 is 0.263 bits per heavy atom. The molecule has 0 aliphatic carbocycles. The summed E-state index contributed by atoms with van der Waals surface area (Å²) in [7, 11) is 0. The van der Waals surface area contributed by atoms with Crippen LogP contribution in [0.25, 0.3) is 0 Å². The smallest absolute Gasteiger partial charge is 0.306 e. The minimum absolute atomic E-state index is 0.0743. The van der Waals surface area contributed by atoms with Crippen LogP contribution in [0.2, 0.25) is 0 Å². The molecular formula is C74H130O6. The molecule has 0 N–H and O–H groups in total. The number of unbranched alkanes of at least 4 members (excludes halogenated alkanes) is 38. The largest absolute Gasteiger partial charge is 0.462 e. The van der Waals surface area contributed by atoms with Gasteiger partial charge in [-0.2, -0.15) is 0 Å². The second-order valence-corrected chi connectivity index (χ2v) is 23.1. The summed E-state index contributed by atoms with van der Waals surface area (Å²) in [6, 6.07) is 0.